The maximum Gasteiger partial charge on any atom is 0.254 e. The molecule has 0 saturated carbocycles. The van der Waals surface area contributed by atoms with E-state index in [9.17, 15) is 8.42 Å². The summed E-state index contributed by atoms with van der Waals surface area (Å²) in [7, 11) is -3.45. The number of rotatable bonds is 2. The smallest absolute Gasteiger partial charge is 0.254 e. The quantitative estimate of drug-likeness (QED) is 0.876. The minimum absolute atomic E-state index is 0.307. The molecule has 2 saturated heterocycles. The molecule has 2 fully saturated rings. The molecule has 3 rings (SSSR count). The van der Waals surface area contributed by atoms with E-state index in [1.165, 1.54) is 6.42 Å². The number of hydrogen-bond donors (Lipinski definition) is 1. The molecule has 6 nitrogen and oxygen atoms in total. The second-order valence-electron chi connectivity index (χ2n) is 5.47. The van der Waals surface area contributed by atoms with Gasteiger partial charge in [0, 0.05) is 19.1 Å². The van der Waals surface area contributed by atoms with E-state index in [0.717, 1.165) is 37.3 Å². The highest BCUT2D eigenvalue weighted by atomic mass is 32.2. The lowest BCUT2D eigenvalue weighted by Crippen LogP contribution is -2.39. The van der Waals surface area contributed by atoms with Gasteiger partial charge in [-0.1, -0.05) is 11.3 Å². The van der Waals surface area contributed by atoms with Gasteiger partial charge in [0.2, 0.25) is 0 Å². The van der Waals surface area contributed by atoms with Crippen LogP contribution in [0.15, 0.2) is 4.21 Å². The van der Waals surface area contributed by atoms with E-state index in [4.69, 9.17) is 5.73 Å². The fourth-order valence-electron chi connectivity index (χ4n) is 3.15. The predicted molar refractivity (Wildman–Crippen MR) is 79.2 cm³/mol. The van der Waals surface area contributed by atoms with Gasteiger partial charge < -0.3 is 5.73 Å². The molecule has 3 heterocycles. The van der Waals surface area contributed by atoms with Crippen LogP contribution in [0.3, 0.4) is 0 Å². The highest BCUT2D eigenvalue weighted by Crippen LogP contribution is 2.30. The number of nitrogens with zero attached hydrogens (tertiary/aromatic N) is 3. The number of nitrogen functional groups attached to an aromatic ring is 1. The predicted octanol–water partition coefficient (Wildman–Crippen LogP) is 0.893. The van der Waals surface area contributed by atoms with E-state index >= 15 is 0 Å². The number of anilines is 1. The van der Waals surface area contributed by atoms with Crippen LogP contribution in [-0.4, -0.2) is 54.8 Å². The first-order valence-electron chi connectivity index (χ1n) is 6.95. The van der Waals surface area contributed by atoms with Gasteiger partial charge in [0.05, 0.1) is 5.69 Å². The third-order valence-electron chi connectivity index (χ3n) is 4.11. The molecule has 2 aliphatic heterocycles. The summed E-state index contributed by atoms with van der Waals surface area (Å²) < 4.78 is 27.5. The van der Waals surface area contributed by atoms with Gasteiger partial charge in [-0.15, -0.1) is 0 Å². The molecular weight excluding hydrogens is 296 g/mol. The molecule has 1 aromatic heterocycles. The molecule has 0 amide bonds. The Kier molecular flexibility index (Phi) is 3.74. The van der Waals surface area contributed by atoms with Crippen molar-refractivity contribution in [3.05, 3.63) is 5.69 Å². The number of sulfonamides is 1. The molecular formula is C12H20N4O2S2. The second kappa shape index (κ2) is 5.25. The molecule has 0 bridgehead atoms. The highest BCUT2D eigenvalue weighted by molar-refractivity contribution is 7.91. The summed E-state index contributed by atoms with van der Waals surface area (Å²) >= 11 is 1.07. The van der Waals surface area contributed by atoms with Crippen LogP contribution >= 0.6 is 11.3 Å². The fraction of sp³-hybridized carbons (Fsp3) is 0.750. The van der Waals surface area contributed by atoms with Gasteiger partial charge in [-0.05, 0) is 39.3 Å². The van der Waals surface area contributed by atoms with Crippen molar-refractivity contribution in [1.29, 1.82) is 0 Å². The van der Waals surface area contributed by atoms with Crippen molar-refractivity contribution in [2.45, 2.75) is 36.4 Å². The summed E-state index contributed by atoms with van der Waals surface area (Å²) in [6, 6.07) is 0.373. The standard InChI is InChI=1S/C12H20N4O2S2/c1-9-11(19-12(13)14-9)20(17,18)16-7-3-6-15-5-2-4-10(15)8-16/h10H,2-8H2,1H3,(H2,13,14). The van der Waals surface area contributed by atoms with Crippen molar-refractivity contribution < 1.29 is 8.42 Å². The summed E-state index contributed by atoms with van der Waals surface area (Å²) in [6.07, 6.45) is 3.16. The number of fused-ring (bicyclic) bond motifs is 1. The summed E-state index contributed by atoms with van der Waals surface area (Å²) in [5.41, 5.74) is 6.15. The molecule has 8 heteroatoms. The molecule has 1 atom stereocenters. The Balaban J connectivity index is 1.88. The van der Waals surface area contributed by atoms with Crippen molar-refractivity contribution in [1.82, 2.24) is 14.2 Å². The van der Waals surface area contributed by atoms with Gasteiger partial charge in [0.15, 0.2) is 9.34 Å². The maximum atomic E-state index is 12.8. The minimum Gasteiger partial charge on any atom is -0.375 e. The second-order valence-corrected chi connectivity index (χ2v) is 8.64. The maximum absolute atomic E-state index is 12.8. The van der Waals surface area contributed by atoms with Crippen LogP contribution in [0.25, 0.3) is 0 Å². The summed E-state index contributed by atoms with van der Waals surface area (Å²) in [5.74, 6) is 0. The molecule has 0 aliphatic carbocycles. The Hall–Kier alpha value is -0.700. The van der Waals surface area contributed by atoms with Crippen LogP contribution in [0.2, 0.25) is 0 Å². The first-order valence-corrected chi connectivity index (χ1v) is 9.21. The molecule has 20 heavy (non-hydrogen) atoms. The van der Waals surface area contributed by atoms with Crippen molar-refractivity contribution in [3.63, 3.8) is 0 Å². The molecule has 2 N–H and O–H groups in total. The normalized spacial score (nSPS) is 25.6. The summed E-state index contributed by atoms with van der Waals surface area (Å²) in [5, 5.41) is 0.318. The minimum atomic E-state index is -3.45. The Morgan fingerprint density at radius 3 is 2.75 bits per heavy atom. The molecule has 112 valence electrons. The average Bonchev–Trinajstić information content (AvgIpc) is 2.90. The number of nitrogens with two attached hydrogens (primary N) is 1. The first kappa shape index (κ1) is 14.2. The Morgan fingerprint density at radius 2 is 2.05 bits per heavy atom. The zero-order valence-electron chi connectivity index (χ0n) is 11.6. The van der Waals surface area contributed by atoms with Crippen molar-refractivity contribution in [3.8, 4) is 0 Å². The highest BCUT2D eigenvalue weighted by Gasteiger charge is 2.35. The van der Waals surface area contributed by atoms with E-state index in [0.29, 0.717) is 34.2 Å². The Morgan fingerprint density at radius 1 is 1.30 bits per heavy atom. The van der Waals surface area contributed by atoms with E-state index in [1.54, 1.807) is 11.2 Å². The average molecular weight is 316 g/mol. The lowest BCUT2D eigenvalue weighted by Gasteiger charge is -2.24. The monoisotopic (exact) mass is 316 g/mol. The van der Waals surface area contributed by atoms with Crippen LogP contribution in [-0.2, 0) is 10.0 Å². The third-order valence-corrected chi connectivity index (χ3v) is 7.55. The van der Waals surface area contributed by atoms with Crippen LogP contribution in [0.1, 0.15) is 25.0 Å². The van der Waals surface area contributed by atoms with Gasteiger partial charge in [-0.25, -0.2) is 13.4 Å². The van der Waals surface area contributed by atoms with Crippen LogP contribution in [0.4, 0.5) is 5.13 Å². The first-order chi connectivity index (χ1) is 9.48. The topological polar surface area (TPSA) is 79.5 Å². The Bertz CT molecular complexity index is 599. The zero-order chi connectivity index (χ0) is 14.3. The molecule has 0 radical (unpaired) electrons. The van der Waals surface area contributed by atoms with Crippen LogP contribution in [0.5, 0.6) is 0 Å². The van der Waals surface area contributed by atoms with Crippen LogP contribution in [0, 0.1) is 6.92 Å². The van der Waals surface area contributed by atoms with Crippen molar-refractivity contribution in [2.24, 2.45) is 0 Å². The molecule has 2 aliphatic rings. The number of aromatic nitrogens is 1. The van der Waals surface area contributed by atoms with E-state index < -0.39 is 10.0 Å². The van der Waals surface area contributed by atoms with Gasteiger partial charge in [0.1, 0.15) is 0 Å². The molecule has 0 aromatic carbocycles. The van der Waals surface area contributed by atoms with Gasteiger partial charge in [-0.3, -0.25) is 4.90 Å². The van der Waals surface area contributed by atoms with Crippen molar-refractivity contribution in [2.75, 3.05) is 31.9 Å². The Labute approximate surface area is 123 Å². The lowest BCUT2D eigenvalue weighted by molar-refractivity contribution is 0.257. The van der Waals surface area contributed by atoms with Crippen molar-refractivity contribution >= 4 is 26.5 Å². The third kappa shape index (κ3) is 2.45. The zero-order valence-corrected chi connectivity index (χ0v) is 13.2. The largest absolute Gasteiger partial charge is 0.375 e. The van der Waals surface area contributed by atoms with E-state index in [-0.39, 0.29) is 0 Å². The SMILES string of the molecule is Cc1nc(N)sc1S(=O)(=O)N1CCCN2CCCC2C1. The summed E-state index contributed by atoms with van der Waals surface area (Å²) in [6.45, 7) is 5.00. The number of hydrogen-bond acceptors (Lipinski definition) is 6. The molecule has 1 aromatic rings. The van der Waals surface area contributed by atoms with Crippen LogP contribution < -0.4 is 5.73 Å². The number of aryl methyl sites for hydroxylation is 1. The molecule has 0 spiro atoms. The fourth-order valence-corrected chi connectivity index (χ4v) is 6.10. The lowest BCUT2D eigenvalue weighted by atomic mass is 10.2. The molecule has 1 unspecified atom stereocenters. The van der Waals surface area contributed by atoms with Gasteiger partial charge >= 0.3 is 0 Å². The number of thiazole rings is 1. The van der Waals surface area contributed by atoms with Gasteiger partial charge in [-0.2, -0.15) is 4.31 Å². The summed E-state index contributed by atoms with van der Waals surface area (Å²) in [4.78, 5) is 6.46. The van der Waals surface area contributed by atoms with E-state index in [1.807, 2.05) is 0 Å². The van der Waals surface area contributed by atoms with Gasteiger partial charge in [0.25, 0.3) is 10.0 Å². The van der Waals surface area contributed by atoms with E-state index in [2.05, 4.69) is 9.88 Å².